The van der Waals surface area contributed by atoms with Gasteiger partial charge in [-0.2, -0.15) is 12.6 Å². The van der Waals surface area contributed by atoms with Crippen molar-refractivity contribution in [1.82, 2.24) is 5.32 Å². The Balaban J connectivity index is 2.69. The Morgan fingerprint density at radius 2 is 2.17 bits per heavy atom. The van der Waals surface area contributed by atoms with Gasteiger partial charge in [-0.1, -0.05) is 6.07 Å². The van der Waals surface area contributed by atoms with E-state index in [1.165, 1.54) is 6.92 Å². The van der Waals surface area contributed by atoms with Gasteiger partial charge in [-0.15, -0.1) is 0 Å². The van der Waals surface area contributed by atoms with Crippen molar-refractivity contribution < 1.29 is 14.3 Å². The zero-order chi connectivity index (χ0) is 13.5. The molecule has 1 rings (SSSR count). The molecule has 0 aliphatic carbocycles. The summed E-state index contributed by atoms with van der Waals surface area (Å²) in [7, 11) is 1.55. The highest BCUT2D eigenvalue weighted by Gasteiger charge is 2.17. The second kappa shape index (κ2) is 6.90. The van der Waals surface area contributed by atoms with Crippen molar-refractivity contribution >= 4 is 30.1 Å². The maximum atomic E-state index is 11.9. The molecule has 2 amide bonds. The topological polar surface area (TPSA) is 67.4 Å². The zero-order valence-corrected chi connectivity index (χ0v) is 11.2. The molecular formula is C12H16N2O3S. The van der Waals surface area contributed by atoms with E-state index in [-0.39, 0.29) is 17.6 Å². The Labute approximate surface area is 111 Å². The Bertz CT molecular complexity index is 437. The number of anilines is 1. The first-order chi connectivity index (χ1) is 8.56. The van der Waals surface area contributed by atoms with Crippen molar-refractivity contribution in [3.05, 3.63) is 24.3 Å². The van der Waals surface area contributed by atoms with Gasteiger partial charge in [0.25, 0.3) is 0 Å². The predicted molar refractivity (Wildman–Crippen MR) is 73.1 cm³/mol. The van der Waals surface area contributed by atoms with E-state index in [1.54, 1.807) is 31.4 Å². The van der Waals surface area contributed by atoms with Gasteiger partial charge in [0, 0.05) is 24.4 Å². The molecule has 0 heterocycles. The van der Waals surface area contributed by atoms with Crippen LogP contribution in [-0.2, 0) is 9.59 Å². The Kier molecular flexibility index (Phi) is 5.51. The number of hydrogen-bond donors (Lipinski definition) is 3. The molecule has 0 saturated carbocycles. The monoisotopic (exact) mass is 268 g/mol. The first kappa shape index (κ1) is 14.4. The number of carbonyl (C=O) groups is 2. The summed E-state index contributed by atoms with van der Waals surface area (Å²) in [6, 6.07) is 6.32. The first-order valence-electron chi connectivity index (χ1n) is 5.39. The van der Waals surface area contributed by atoms with E-state index < -0.39 is 6.04 Å². The molecule has 1 aromatic rings. The van der Waals surface area contributed by atoms with Gasteiger partial charge in [-0.3, -0.25) is 9.59 Å². The second-order valence-corrected chi connectivity index (χ2v) is 4.02. The number of hydrogen-bond acceptors (Lipinski definition) is 4. The zero-order valence-electron chi connectivity index (χ0n) is 10.3. The highest BCUT2D eigenvalue weighted by molar-refractivity contribution is 7.80. The fourth-order valence-corrected chi connectivity index (χ4v) is 1.63. The van der Waals surface area contributed by atoms with Gasteiger partial charge in [-0.05, 0) is 12.1 Å². The molecule has 0 fully saturated rings. The van der Waals surface area contributed by atoms with E-state index in [4.69, 9.17) is 4.74 Å². The molecule has 0 spiro atoms. The molecule has 6 heteroatoms. The average Bonchev–Trinajstić information content (AvgIpc) is 2.35. The lowest BCUT2D eigenvalue weighted by Crippen LogP contribution is -2.44. The van der Waals surface area contributed by atoms with Crippen molar-refractivity contribution in [2.24, 2.45) is 0 Å². The minimum Gasteiger partial charge on any atom is -0.497 e. The Morgan fingerprint density at radius 3 is 2.72 bits per heavy atom. The van der Waals surface area contributed by atoms with Crippen molar-refractivity contribution in [2.75, 3.05) is 18.2 Å². The summed E-state index contributed by atoms with van der Waals surface area (Å²) in [6.45, 7) is 1.36. The van der Waals surface area contributed by atoms with Crippen LogP contribution >= 0.6 is 12.6 Å². The van der Waals surface area contributed by atoms with E-state index in [0.717, 1.165) is 0 Å². The first-order valence-corrected chi connectivity index (χ1v) is 6.03. The molecule has 98 valence electrons. The highest BCUT2D eigenvalue weighted by atomic mass is 32.1. The minimum absolute atomic E-state index is 0.232. The molecule has 0 bridgehead atoms. The molecule has 0 radical (unpaired) electrons. The van der Waals surface area contributed by atoms with E-state index in [0.29, 0.717) is 11.4 Å². The summed E-state index contributed by atoms with van der Waals surface area (Å²) in [6.07, 6.45) is 0. The van der Waals surface area contributed by atoms with Gasteiger partial charge in [-0.25, -0.2) is 0 Å². The van der Waals surface area contributed by atoms with Crippen molar-refractivity contribution in [3.63, 3.8) is 0 Å². The molecule has 1 unspecified atom stereocenters. The molecule has 0 aliphatic rings. The third kappa shape index (κ3) is 4.29. The van der Waals surface area contributed by atoms with Crippen LogP contribution in [0.2, 0.25) is 0 Å². The summed E-state index contributed by atoms with van der Waals surface area (Å²) in [4.78, 5) is 22.8. The van der Waals surface area contributed by atoms with Crippen LogP contribution in [0.15, 0.2) is 24.3 Å². The number of ether oxygens (including phenoxy) is 1. The van der Waals surface area contributed by atoms with E-state index in [9.17, 15) is 9.59 Å². The van der Waals surface area contributed by atoms with E-state index in [2.05, 4.69) is 23.3 Å². The maximum absolute atomic E-state index is 11.9. The van der Waals surface area contributed by atoms with Crippen LogP contribution in [0.25, 0.3) is 0 Å². The summed E-state index contributed by atoms with van der Waals surface area (Å²) in [5.41, 5.74) is 0.608. The number of thiol groups is 1. The quantitative estimate of drug-likeness (QED) is 0.700. The van der Waals surface area contributed by atoms with Gasteiger partial charge >= 0.3 is 0 Å². The fourth-order valence-electron chi connectivity index (χ4n) is 1.37. The normalized spacial score (nSPS) is 11.5. The number of rotatable bonds is 5. The predicted octanol–water partition coefficient (Wildman–Crippen LogP) is 1.07. The van der Waals surface area contributed by atoms with Crippen molar-refractivity contribution in [2.45, 2.75) is 13.0 Å². The molecule has 5 nitrogen and oxygen atoms in total. The summed E-state index contributed by atoms with van der Waals surface area (Å²) < 4.78 is 5.05. The molecule has 0 saturated heterocycles. The number of carbonyl (C=O) groups excluding carboxylic acids is 2. The lowest BCUT2D eigenvalue weighted by molar-refractivity contribution is -0.124. The lowest BCUT2D eigenvalue weighted by atomic mass is 10.2. The Morgan fingerprint density at radius 1 is 1.44 bits per heavy atom. The van der Waals surface area contributed by atoms with Gasteiger partial charge < -0.3 is 15.4 Å². The van der Waals surface area contributed by atoms with Gasteiger partial charge in [0.15, 0.2) is 0 Å². The number of amides is 2. The third-order valence-corrected chi connectivity index (χ3v) is 2.58. The average molecular weight is 268 g/mol. The third-order valence-electron chi connectivity index (χ3n) is 2.21. The molecule has 18 heavy (non-hydrogen) atoms. The van der Waals surface area contributed by atoms with Crippen molar-refractivity contribution in [1.29, 1.82) is 0 Å². The van der Waals surface area contributed by atoms with E-state index >= 15 is 0 Å². The largest absolute Gasteiger partial charge is 0.497 e. The molecule has 0 aromatic heterocycles. The van der Waals surface area contributed by atoms with Crippen LogP contribution < -0.4 is 15.4 Å². The summed E-state index contributed by atoms with van der Waals surface area (Å²) >= 11 is 4.03. The Hall–Kier alpha value is -1.69. The van der Waals surface area contributed by atoms with Crippen LogP contribution in [0.1, 0.15) is 6.92 Å². The SMILES string of the molecule is COc1cccc(NC(=O)C(CS)NC(C)=O)c1. The van der Waals surface area contributed by atoms with Crippen molar-refractivity contribution in [3.8, 4) is 5.75 Å². The van der Waals surface area contributed by atoms with Crippen LogP contribution in [0.5, 0.6) is 5.75 Å². The standard InChI is InChI=1S/C12H16N2O3S/c1-8(15)13-11(7-18)12(16)14-9-4-3-5-10(6-9)17-2/h3-6,11,18H,7H2,1-2H3,(H,13,15)(H,14,16). The fraction of sp³-hybridized carbons (Fsp3) is 0.333. The van der Waals surface area contributed by atoms with Crippen LogP contribution in [0, 0.1) is 0 Å². The van der Waals surface area contributed by atoms with Gasteiger partial charge in [0.2, 0.25) is 11.8 Å². The maximum Gasteiger partial charge on any atom is 0.247 e. The van der Waals surface area contributed by atoms with Crippen LogP contribution in [-0.4, -0.2) is 30.7 Å². The van der Waals surface area contributed by atoms with Crippen LogP contribution in [0.4, 0.5) is 5.69 Å². The highest BCUT2D eigenvalue weighted by Crippen LogP contribution is 2.16. The van der Waals surface area contributed by atoms with Crippen LogP contribution in [0.3, 0.4) is 0 Å². The molecule has 1 aromatic carbocycles. The summed E-state index contributed by atoms with van der Waals surface area (Å²) in [5.74, 6) is 0.299. The lowest BCUT2D eigenvalue weighted by Gasteiger charge is -2.15. The number of nitrogens with one attached hydrogen (secondary N) is 2. The minimum atomic E-state index is -0.656. The smallest absolute Gasteiger partial charge is 0.247 e. The summed E-state index contributed by atoms with van der Waals surface area (Å²) in [5, 5.41) is 5.21. The second-order valence-electron chi connectivity index (χ2n) is 3.66. The van der Waals surface area contributed by atoms with Gasteiger partial charge in [0.1, 0.15) is 11.8 Å². The van der Waals surface area contributed by atoms with E-state index in [1.807, 2.05) is 0 Å². The molecule has 1 atom stereocenters. The number of benzene rings is 1. The molecule has 2 N–H and O–H groups in total. The number of methoxy groups -OCH3 is 1. The van der Waals surface area contributed by atoms with Gasteiger partial charge in [0.05, 0.1) is 7.11 Å². The molecular weight excluding hydrogens is 252 g/mol. The molecule has 0 aliphatic heterocycles.